The predicted molar refractivity (Wildman–Crippen MR) is 72.5 cm³/mol. The fraction of sp³-hybridized carbons (Fsp3) is 0.462. The van der Waals surface area contributed by atoms with Crippen molar-refractivity contribution >= 4 is 17.7 Å². The molecule has 0 aliphatic rings. The van der Waals surface area contributed by atoms with Crippen molar-refractivity contribution in [2.24, 2.45) is 0 Å². The highest BCUT2D eigenvalue weighted by Crippen LogP contribution is 2.12. The second-order valence-electron chi connectivity index (χ2n) is 4.07. The second-order valence-corrected chi connectivity index (χ2v) is 4.99. The Morgan fingerprint density at radius 3 is 2.89 bits per heavy atom. The number of amides is 1. The van der Waals surface area contributed by atoms with Crippen LogP contribution in [-0.4, -0.2) is 35.7 Å². The average Bonchev–Trinajstić information content (AvgIpc) is 2.33. The third kappa shape index (κ3) is 3.99. The van der Waals surface area contributed by atoms with Crippen LogP contribution in [0.1, 0.15) is 22.3 Å². The molecule has 0 fully saturated rings. The van der Waals surface area contributed by atoms with Gasteiger partial charge in [0.05, 0.1) is 5.56 Å². The Balaban J connectivity index is 2.77. The smallest absolute Gasteiger partial charge is 0.254 e. The van der Waals surface area contributed by atoms with Crippen molar-refractivity contribution in [1.29, 1.82) is 0 Å². The van der Waals surface area contributed by atoms with E-state index in [2.05, 4.69) is 5.32 Å². The molecule has 100 valence electrons. The van der Waals surface area contributed by atoms with Gasteiger partial charge in [0, 0.05) is 18.4 Å². The maximum Gasteiger partial charge on any atom is 0.254 e. The van der Waals surface area contributed by atoms with Crippen LogP contribution in [0, 0.1) is 12.7 Å². The van der Waals surface area contributed by atoms with E-state index in [0.29, 0.717) is 17.7 Å². The van der Waals surface area contributed by atoms with Gasteiger partial charge in [0.1, 0.15) is 5.82 Å². The number of carbonyl (C=O) groups is 1. The molecular formula is C13H18FNO2S. The van der Waals surface area contributed by atoms with E-state index < -0.39 is 11.7 Å². The predicted octanol–water partition coefficient (Wildman–Crippen LogP) is 1.98. The first-order valence-electron chi connectivity index (χ1n) is 5.76. The van der Waals surface area contributed by atoms with E-state index in [0.717, 1.165) is 0 Å². The third-order valence-corrected chi connectivity index (χ3v) is 3.35. The quantitative estimate of drug-likeness (QED) is 0.832. The Labute approximate surface area is 111 Å². The van der Waals surface area contributed by atoms with Crippen LogP contribution < -0.4 is 5.32 Å². The highest BCUT2D eigenvalue weighted by Gasteiger charge is 2.16. The summed E-state index contributed by atoms with van der Waals surface area (Å²) in [4.78, 5) is 11.9. The van der Waals surface area contributed by atoms with Gasteiger partial charge < -0.3 is 10.4 Å². The monoisotopic (exact) mass is 271 g/mol. The van der Waals surface area contributed by atoms with Crippen molar-refractivity contribution in [3.63, 3.8) is 0 Å². The number of aryl methyl sites for hydroxylation is 1. The van der Waals surface area contributed by atoms with Gasteiger partial charge in [0.25, 0.3) is 5.91 Å². The summed E-state index contributed by atoms with van der Waals surface area (Å²) in [6.07, 6.45) is 2.39. The van der Waals surface area contributed by atoms with Crippen molar-refractivity contribution in [3.8, 4) is 0 Å². The molecule has 0 aliphatic heterocycles. The molecule has 0 aliphatic carbocycles. The van der Waals surface area contributed by atoms with Crippen molar-refractivity contribution in [2.45, 2.75) is 19.4 Å². The SMILES string of the molecule is CSC[C@H](CCO)NC(=O)c1cccc(C)c1F. The zero-order chi connectivity index (χ0) is 13.5. The van der Waals surface area contributed by atoms with Gasteiger partial charge in [-0.25, -0.2) is 4.39 Å². The lowest BCUT2D eigenvalue weighted by Gasteiger charge is -2.17. The number of benzene rings is 1. The molecule has 18 heavy (non-hydrogen) atoms. The Bertz CT molecular complexity index is 406. The molecule has 1 atom stereocenters. The average molecular weight is 271 g/mol. The summed E-state index contributed by atoms with van der Waals surface area (Å²) >= 11 is 1.57. The molecular weight excluding hydrogens is 253 g/mol. The van der Waals surface area contributed by atoms with E-state index in [1.165, 1.54) is 6.07 Å². The van der Waals surface area contributed by atoms with Crippen LogP contribution in [-0.2, 0) is 0 Å². The molecule has 0 saturated heterocycles. The van der Waals surface area contributed by atoms with E-state index in [4.69, 9.17) is 5.11 Å². The molecule has 1 aromatic rings. The lowest BCUT2D eigenvalue weighted by Crippen LogP contribution is -2.37. The van der Waals surface area contributed by atoms with Crippen LogP contribution in [0.15, 0.2) is 18.2 Å². The first-order chi connectivity index (χ1) is 8.60. The Morgan fingerprint density at radius 1 is 1.56 bits per heavy atom. The van der Waals surface area contributed by atoms with Gasteiger partial charge in [-0.1, -0.05) is 12.1 Å². The Kier molecular flexibility index (Phi) is 6.15. The number of halogens is 1. The standard InChI is InChI=1S/C13H18FNO2S/c1-9-4-3-5-11(12(9)14)13(17)15-10(6-7-16)8-18-2/h3-5,10,16H,6-8H2,1-2H3,(H,15,17)/t10-/m0/s1. The van der Waals surface area contributed by atoms with Gasteiger partial charge >= 0.3 is 0 Å². The van der Waals surface area contributed by atoms with Crippen LogP contribution in [0.25, 0.3) is 0 Å². The van der Waals surface area contributed by atoms with Crippen molar-refractivity contribution < 1.29 is 14.3 Å². The molecule has 1 aromatic carbocycles. The minimum atomic E-state index is -0.484. The van der Waals surface area contributed by atoms with Crippen molar-refractivity contribution in [1.82, 2.24) is 5.32 Å². The topological polar surface area (TPSA) is 49.3 Å². The van der Waals surface area contributed by atoms with E-state index >= 15 is 0 Å². The molecule has 0 unspecified atom stereocenters. The number of aliphatic hydroxyl groups is 1. The number of rotatable bonds is 6. The minimum Gasteiger partial charge on any atom is -0.396 e. The zero-order valence-corrected chi connectivity index (χ0v) is 11.4. The zero-order valence-electron chi connectivity index (χ0n) is 10.6. The third-order valence-electron chi connectivity index (χ3n) is 2.62. The van der Waals surface area contributed by atoms with Crippen LogP contribution >= 0.6 is 11.8 Å². The highest BCUT2D eigenvalue weighted by molar-refractivity contribution is 7.98. The number of hydrogen-bond acceptors (Lipinski definition) is 3. The van der Waals surface area contributed by atoms with Gasteiger partial charge in [-0.05, 0) is 31.2 Å². The van der Waals surface area contributed by atoms with E-state index in [9.17, 15) is 9.18 Å². The second kappa shape index (κ2) is 7.38. The largest absolute Gasteiger partial charge is 0.396 e. The fourth-order valence-corrected chi connectivity index (χ4v) is 2.29. The molecule has 2 N–H and O–H groups in total. The summed E-state index contributed by atoms with van der Waals surface area (Å²) in [6.45, 7) is 1.63. The van der Waals surface area contributed by atoms with Crippen LogP contribution in [0.4, 0.5) is 4.39 Å². The van der Waals surface area contributed by atoms with E-state index in [1.807, 2.05) is 6.26 Å². The summed E-state index contributed by atoms with van der Waals surface area (Å²) in [7, 11) is 0. The first-order valence-corrected chi connectivity index (χ1v) is 7.15. The van der Waals surface area contributed by atoms with E-state index in [-0.39, 0.29) is 18.2 Å². The number of nitrogens with one attached hydrogen (secondary N) is 1. The van der Waals surface area contributed by atoms with Gasteiger partial charge in [0.15, 0.2) is 0 Å². The molecule has 5 heteroatoms. The van der Waals surface area contributed by atoms with Crippen molar-refractivity contribution in [3.05, 3.63) is 35.1 Å². The summed E-state index contributed by atoms with van der Waals surface area (Å²) in [5.41, 5.74) is 0.505. The van der Waals surface area contributed by atoms with Gasteiger partial charge in [-0.2, -0.15) is 11.8 Å². The summed E-state index contributed by atoms with van der Waals surface area (Å²) in [5.74, 6) is -0.217. The van der Waals surface area contributed by atoms with Gasteiger partial charge in [-0.3, -0.25) is 4.79 Å². The maximum absolute atomic E-state index is 13.8. The number of hydrogen-bond donors (Lipinski definition) is 2. The maximum atomic E-state index is 13.8. The lowest BCUT2D eigenvalue weighted by atomic mass is 10.1. The van der Waals surface area contributed by atoms with Crippen LogP contribution in [0.3, 0.4) is 0 Å². The molecule has 0 aromatic heterocycles. The van der Waals surface area contributed by atoms with Gasteiger partial charge in [0.2, 0.25) is 0 Å². The summed E-state index contributed by atoms with van der Waals surface area (Å²) in [5, 5.41) is 11.7. The Hall–Kier alpha value is -1.07. The lowest BCUT2D eigenvalue weighted by molar-refractivity contribution is 0.0931. The van der Waals surface area contributed by atoms with Gasteiger partial charge in [-0.15, -0.1) is 0 Å². The molecule has 3 nitrogen and oxygen atoms in total. The highest BCUT2D eigenvalue weighted by atomic mass is 32.2. The number of thioether (sulfide) groups is 1. The molecule has 0 spiro atoms. The molecule has 0 radical (unpaired) electrons. The molecule has 1 rings (SSSR count). The Morgan fingerprint density at radius 2 is 2.28 bits per heavy atom. The number of aliphatic hydroxyl groups excluding tert-OH is 1. The molecule has 0 saturated carbocycles. The minimum absolute atomic E-state index is 0.00179. The van der Waals surface area contributed by atoms with Crippen molar-refractivity contribution in [2.75, 3.05) is 18.6 Å². The fourth-order valence-electron chi connectivity index (χ4n) is 1.64. The normalized spacial score (nSPS) is 12.2. The molecule has 0 heterocycles. The molecule has 0 bridgehead atoms. The number of carbonyl (C=O) groups excluding carboxylic acids is 1. The molecule has 1 amide bonds. The van der Waals surface area contributed by atoms with Crippen LogP contribution in [0.5, 0.6) is 0 Å². The first kappa shape index (κ1) is 15.0. The summed E-state index contributed by atoms with van der Waals surface area (Å²) < 4.78 is 13.8. The van der Waals surface area contributed by atoms with E-state index in [1.54, 1.807) is 30.8 Å². The summed E-state index contributed by atoms with van der Waals surface area (Å²) in [6, 6.07) is 4.60. The van der Waals surface area contributed by atoms with Crippen LogP contribution in [0.2, 0.25) is 0 Å².